The van der Waals surface area contributed by atoms with Crippen LogP contribution in [0.25, 0.3) is 6.08 Å². The summed E-state index contributed by atoms with van der Waals surface area (Å²) < 4.78 is 21.0. The van der Waals surface area contributed by atoms with Crippen molar-refractivity contribution in [2.24, 2.45) is 0 Å². The Kier molecular flexibility index (Phi) is 6.95. The average Bonchev–Trinajstić information content (AvgIpc) is 2.79. The molecular formula is C23H25NO6. The first-order chi connectivity index (χ1) is 14.6. The molecular weight excluding hydrogens is 386 g/mol. The topological polar surface area (TPSA) is 74.3 Å². The number of carbonyl (C=O) groups excluding carboxylic acids is 2. The predicted molar refractivity (Wildman–Crippen MR) is 113 cm³/mol. The number of hydrogen-bond donors (Lipinski definition) is 0. The SMILES string of the molecule is COc1cc(/C=C/C(=O)OCC(=O)N2CCCc3ccccc32)cc(OC)c1OC. The number of ether oxygens (including phenoxy) is 4. The number of carbonyl (C=O) groups is 2. The van der Waals surface area contributed by atoms with Gasteiger partial charge in [0.25, 0.3) is 5.91 Å². The van der Waals surface area contributed by atoms with Crippen LogP contribution in [0.1, 0.15) is 17.5 Å². The van der Waals surface area contributed by atoms with Crippen molar-refractivity contribution >= 4 is 23.6 Å². The van der Waals surface area contributed by atoms with Gasteiger partial charge in [-0.2, -0.15) is 0 Å². The third-order valence-corrected chi connectivity index (χ3v) is 4.85. The highest BCUT2D eigenvalue weighted by Gasteiger charge is 2.22. The number of methoxy groups -OCH3 is 3. The van der Waals surface area contributed by atoms with E-state index in [1.807, 2.05) is 24.3 Å². The Balaban J connectivity index is 1.63. The van der Waals surface area contributed by atoms with Crippen molar-refractivity contribution < 1.29 is 28.5 Å². The Morgan fingerprint density at radius 2 is 1.73 bits per heavy atom. The zero-order chi connectivity index (χ0) is 21.5. The lowest BCUT2D eigenvalue weighted by Crippen LogP contribution is -2.38. The molecule has 0 spiro atoms. The minimum Gasteiger partial charge on any atom is -0.493 e. The number of esters is 1. The minimum atomic E-state index is -0.609. The van der Waals surface area contributed by atoms with E-state index < -0.39 is 5.97 Å². The summed E-state index contributed by atoms with van der Waals surface area (Å²) in [5, 5.41) is 0. The highest BCUT2D eigenvalue weighted by molar-refractivity contribution is 5.97. The Morgan fingerprint density at radius 1 is 1.03 bits per heavy atom. The summed E-state index contributed by atoms with van der Waals surface area (Å²) in [7, 11) is 4.55. The normalized spacial score (nSPS) is 13.0. The second-order valence-electron chi connectivity index (χ2n) is 6.68. The molecule has 0 radical (unpaired) electrons. The van der Waals surface area contributed by atoms with E-state index in [0.717, 1.165) is 24.1 Å². The van der Waals surface area contributed by atoms with Crippen LogP contribution in [0, 0.1) is 0 Å². The van der Waals surface area contributed by atoms with Gasteiger partial charge in [0.1, 0.15) is 0 Å². The van der Waals surface area contributed by atoms with Gasteiger partial charge in [-0.3, -0.25) is 4.79 Å². The van der Waals surface area contributed by atoms with Gasteiger partial charge >= 0.3 is 5.97 Å². The van der Waals surface area contributed by atoms with Gasteiger partial charge in [0.2, 0.25) is 5.75 Å². The Morgan fingerprint density at radius 3 is 2.40 bits per heavy atom. The quantitative estimate of drug-likeness (QED) is 0.514. The van der Waals surface area contributed by atoms with Crippen molar-refractivity contribution in [3.05, 3.63) is 53.6 Å². The first-order valence-electron chi connectivity index (χ1n) is 9.60. The van der Waals surface area contributed by atoms with Crippen molar-refractivity contribution in [2.75, 3.05) is 39.4 Å². The molecule has 0 fully saturated rings. The number of amides is 1. The van der Waals surface area contributed by atoms with Crippen LogP contribution >= 0.6 is 0 Å². The highest BCUT2D eigenvalue weighted by atomic mass is 16.5. The highest BCUT2D eigenvalue weighted by Crippen LogP contribution is 2.38. The molecule has 0 aromatic heterocycles. The second-order valence-corrected chi connectivity index (χ2v) is 6.68. The van der Waals surface area contributed by atoms with Crippen LogP contribution in [-0.2, 0) is 20.7 Å². The van der Waals surface area contributed by atoms with Gasteiger partial charge < -0.3 is 23.8 Å². The molecule has 2 aromatic carbocycles. The van der Waals surface area contributed by atoms with Gasteiger partial charge in [0, 0.05) is 18.3 Å². The van der Waals surface area contributed by atoms with E-state index in [2.05, 4.69) is 0 Å². The van der Waals surface area contributed by atoms with Crippen molar-refractivity contribution in [1.29, 1.82) is 0 Å². The molecule has 7 nitrogen and oxygen atoms in total. The molecule has 0 unspecified atom stereocenters. The molecule has 0 aliphatic carbocycles. The molecule has 1 amide bonds. The minimum absolute atomic E-state index is 0.239. The lowest BCUT2D eigenvalue weighted by Gasteiger charge is -2.29. The first-order valence-corrected chi connectivity index (χ1v) is 9.60. The maximum Gasteiger partial charge on any atom is 0.331 e. The molecule has 0 saturated heterocycles. The zero-order valence-corrected chi connectivity index (χ0v) is 17.3. The summed E-state index contributed by atoms with van der Waals surface area (Å²) in [6, 6.07) is 11.2. The summed E-state index contributed by atoms with van der Waals surface area (Å²) in [6.07, 6.45) is 4.65. The fourth-order valence-electron chi connectivity index (χ4n) is 3.41. The molecule has 2 aromatic rings. The maximum atomic E-state index is 12.6. The van der Waals surface area contributed by atoms with Gasteiger partial charge in [-0.25, -0.2) is 4.79 Å². The maximum absolute atomic E-state index is 12.6. The summed E-state index contributed by atoms with van der Waals surface area (Å²) in [4.78, 5) is 26.3. The van der Waals surface area contributed by atoms with E-state index >= 15 is 0 Å². The van der Waals surface area contributed by atoms with Gasteiger partial charge in [-0.05, 0) is 48.2 Å². The number of hydrogen-bond acceptors (Lipinski definition) is 6. The van der Waals surface area contributed by atoms with E-state index in [0.29, 0.717) is 29.4 Å². The van der Waals surface area contributed by atoms with E-state index in [9.17, 15) is 9.59 Å². The molecule has 1 aliphatic heterocycles. The van der Waals surface area contributed by atoms with Crippen LogP contribution in [-0.4, -0.2) is 46.4 Å². The first kappa shape index (κ1) is 21.2. The van der Waals surface area contributed by atoms with Crippen LogP contribution in [0.15, 0.2) is 42.5 Å². The number of benzene rings is 2. The summed E-state index contributed by atoms with van der Waals surface area (Å²) in [5.41, 5.74) is 2.68. The predicted octanol–water partition coefficient (Wildman–Crippen LogP) is 3.25. The number of anilines is 1. The third kappa shape index (κ3) is 4.74. The van der Waals surface area contributed by atoms with Gasteiger partial charge in [-0.1, -0.05) is 18.2 Å². The number of fused-ring (bicyclic) bond motifs is 1. The molecule has 3 rings (SSSR count). The molecule has 0 saturated carbocycles. The lowest BCUT2D eigenvalue weighted by molar-refractivity contribution is -0.142. The van der Waals surface area contributed by atoms with E-state index in [-0.39, 0.29) is 12.5 Å². The number of aryl methyl sites for hydroxylation is 1. The number of rotatable bonds is 7. The van der Waals surface area contributed by atoms with Crippen LogP contribution in [0.2, 0.25) is 0 Å². The summed E-state index contributed by atoms with van der Waals surface area (Å²) >= 11 is 0. The average molecular weight is 411 g/mol. The molecule has 0 bridgehead atoms. The molecule has 0 N–H and O–H groups in total. The number of para-hydroxylation sites is 1. The van der Waals surface area contributed by atoms with Crippen molar-refractivity contribution in [1.82, 2.24) is 0 Å². The standard InChI is InChI=1S/C23H25NO6/c1-27-19-13-16(14-20(28-2)23(19)29-3)10-11-22(26)30-15-21(25)24-12-6-8-17-7-4-5-9-18(17)24/h4-5,7,9-11,13-14H,6,8,12,15H2,1-3H3/b11-10+. The van der Waals surface area contributed by atoms with Crippen molar-refractivity contribution in [3.63, 3.8) is 0 Å². The summed E-state index contributed by atoms with van der Waals surface area (Å²) in [5.74, 6) is 0.568. The third-order valence-electron chi connectivity index (χ3n) is 4.85. The van der Waals surface area contributed by atoms with Crippen LogP contribution in [0.5, 0.6) is 17.2 Å². The smallest absolute Gasteiger partial charge is 0.331 e. The van der Waals surface area contributed by atoms with Gasteiger partial charge in [-0.15, -0.1) is 0 Å². The van der Waals surface area contributed by atoms with E-state index in [1.165, 1.54) is 27.4 Å². The second kappa shape index (κ2) is 9.82. The fourth-order valence-corrected chi connectivity index (χ4v) is 3.41. The van der Waals surface area contributed by atoms with Crippen molar-refractivity contribution in [2.45, 2.75) is 12.8 Å². The van der Waals surface area contributed by atoms with Crippen LogP contribution in [0.4, 0.5) is 5.69 Å². The van der Waals surface area contributed by atoms with Crippen LogP contribution in [0.3, 0.4) is 0 Å². The van der Waals surface area contributed by atoms with Gasteiger partial charge in [0.15, 0.2) is 18.1 Å². The largest absolute Gasteiger partial charge is 0.493 e. The monoisotopic (exact) mass is 411 g/mol. The molecule has 7 heteroatoms. The Hall–Kier alpha value is -3.48. The summed E-state index contributed by atoms with van der Waals surface area (Å²) in [6.45, 7) is 0.307. The van der Waals surface area contributed by atoms with Gasteiger partial charge in [0.05, 0.1) is 21.3 Å². The Bertz CT molecular complexity index is 927. The molecule has 30 heavy (non-hydrogen) atoms. The molecule has 0 atom stereocenters. The fraction of sp³-hybridized carbons (Fsp3) is 0.304. The van der Waals surface area contributed by atoms with Crippen molar-refractivity contribution in [3.8, 4) is 17.2 Å². The Labute approximate surface area is 175 Å². The molecule has 158 valence electrons. The lowest BCUT2D eigenvalue weighted by atomic mass is 10.0. The molecule has 1 heterocycles. The van der Waals surface area contributed by atoms with E-state index in [4.69, 9.17) is 18.9 Å². The molecule has 1 aliphatic rings. The van der Waals surface area contributed by atoms with E-state index in [1.54, 1.807) is 23.1 Å². The number of nitrogens with zero attached hydrogens (tertiary/aromatic N) is 1. The van der Waals surface area contributed by atoms with Crippen LogP contribution < -0.4 is 19.1 Å². The zero-order valence-electron chi connectivity index (χ0n) is 17.3.